The molecular weight excluding hydrogens is 280 g/mol. The van der Waals surface area contributed by atoms with Crippen LogP contribution in [0.15, 0.2) is 0 Å². The number of hydrogen-bond donors (Lipinski definition) is 0. The second-order valence-corrected chi connectivity index (χ2v) is 7.27. The van der Waals surface area contributed by atoms with Gasteiger partial charge in [0.05, 0.1) is 5.75 Å². The SMILES string of the molecule is CC(=O)OOS(=O)(=O)CCCCCCC1CCCCC1. The maximum absolute atomic E-state index is 11.3. The van der Waals surface area contributed by atoms with Crippen LogP contribution >= 0.6 is 0 Å². The van der Waals surface area contributed by atoms with Crippen LogP contribution in [0, 0.1) is 5.92 Å². The van der Waals surface area contributed by atoms with Crippen LogP contribution in [-0.4, -0.2) is 20.1 Å². The Morgan fingerprint density at radius 3 is 2.35 bits per heavy atom. The summed E-state index contributed by atoms with van der Waals surface area (Å²) in [6, 6.07) is 0. The third-order valence-electron chi connectivity index (χ3n) is 3.74. The summed E-state index contributed by atoms with van der Waals surface area (Å²) >= 11 is 0. The Balaban J connectivity index is 1.99. The summed E-state index contributed by atoms with van der Waals surface area (Å²) in [5.41, 5.74) is 0. The molecule has 0 radical (unpaired) electrons. The van der Waals surface area contributed by atoms with Crippen molar-refractivity contribution >= 4 is 16.1 Å². The quantitative estimate of drug-likeness (QED) is 0.371. The average Bonchev–Trinajstić information content (AvgIpc) is 2.42. The number of hydrogen-bond acceptors (Lipinski definition) is 5. The fraction of sp³-hybridized carbons (Fsp3) is 0.929. The summed E-state index contributed by atoms with van der Waals surface area (Å²) < 4.78 is 26.7. The Morgan fingerprint density at radius 1 is 1.05 bits per heavy atom. The molecule has 6 heteroatoms. The second-order valence-electron chi connectivity index (χ2n) is 5.61. The summed E-state index contributed by atoms with van der Waals surface area (Å²) in [5, 5.41) is 0. The maximum Gasteiger partial charge on any atom is 0.340 e. The van der Waals surface area contributed by atoms with Crippen LogP contribution in [0.4, 0.5) is 0 Å². The molecule has 5 nitrogen and oxygen atoms in total. The highest BCUT2D eigenvalue weighted by molar-refractivity contribution is 7.86. The minimum atomic E-state index is -3.73. The van der Waals surface area contributed by atoms with Crippen molar-refractivity contribution in [1.82, 2.24) is 0 Å². The van der Waals surface area contributed by atoms with E-state index in [0.717, 1.165) is 25.7 Å². The Hall–Kier alpha value is -0.620. The van der Waals surface area contributed by atoms with Gasteiger partial charge in [-0.25, -0.2) is 4.79 Å². The molecule has 0 aliphatic heterocycles. The molecule has 0 atom stereocenters. The van der Waals surface area contributed by atoms with Crippen molar-refractivity contribution in [3.05, 3.63) is 0 Å². The van der Waals surface area contributed by atoms with E-state index < -0.39 is 16.1 Å². The van der Waals surface area contributed by atoms with Gasteiger partial charge in [0.25, 0.3) is 0 Å². The molecule has 0 N–H and O–H groups in total. The van der Waals surface area contributed by atoms with Gasteiger partial charge in [-0.1, -0.05) is 62.1 Å². The lowest BCUT2D eigenvalue weighted by Gasteiger charge is -2.21. The molecule has 1 fully saturated rings. The van der Waals surface area contributed by atoms with Crippen molar-refractivity contribution in [3.8, 4) is 0 Å². The summed E-state index contributed by atoms with van der Waals surface area (Å²) in [7, 11) is -3.73. The van der Waals surface area contributed by atoms with E-state index >= 15 is 0 Å². The van der Waals surface area contributed by atoms with E-state index in [2.05, 4.69) is 9.22 Å². The van der Waals surface area contributed by atoms with Crippen LogP contribution in [0.3, 0.4) is 0 Å². The summed E-state index contributed by atoms with van der Waals surface area (Å²) in [6.07, 6.45) is 11.8. The molecular formula is C14H26O5S. The Bertz CT molecular complexity index is 371. The zero-order chi connectivity index (χ0) is 14.8. The standard InChI is InChI=1S/C14H26O5S/c1-13(15)18-19-20(16,17)12-8-3-2-5-9-14-10-6-4-7-11-14/h14H,2-12H2,1H3. The van der Waals surface area contributed by atoms with Crippen LogP contribution in [0.2, 0.25) is 0 Å². The van der Waals surface area contributed by atoms with E-state index in [1.165, 1.54) is 44.9 Å². The van der Waals surface area contributed by atoms with Gasteiger partial charge in [0.1, 0.15) is 0 Å². The lowest BCUT2D eigenvalue weighted by atomic mass is 9.85. The van der Waals surface area contributed by atoms with Crippen LogP contribution in [0.1, 0.15) is 71.1 Å². The Morgan fingerprint density at radius 2 is 1.70 bits per heavy atom. The topological polar surface area (TPSA) is 69.7 Å². The molecule has 1 aliphatic carbocycles. The molecule has 20 heavy (non-hydrogen) atoms. The molecule has 118 valence electrons. The van der Waals surface area contributed by atoms with Crippen molar-refractivity contribution in [3.63, 3.8) is 0 Å². The minimum Gasteiger partial charge on any atom is -0.282 e. The highest BCUT2D eigenvalue weighted by Crippen LogP contribution is 2.27. The Kier molecular flexibility index (Phi) is 8.14. The number of unbranched alkanes of at least 4 members (excludes halogenated alkanes) is 3. The summed E-state index contributed by atoms with van der Waals surface area (Å²) in [4.78, 5) is 14.5. The van der Waals surface area contributed by atoms with Crippen LogP contribution in [0.25, 0.3) is 0 Å². The Labute approximate surface area is 122 Å². The molecule has 0 aromatic carbocycles. The van der Waals surface area contributed by atoms with Gasteiger partial charge >= 0.3 is 16.1 Å². The monoisotopic (exact) mass is 306 g/mol. The van der Waals surface area contributed by atoms with E-state index in [0.29, 0.717) is 6.42 Å². The lowest BCUT2D eigenvalue weighted by Crippen LogP contribution is -2.13. The first-order valence-electron chi connectivity index (χ1n) is 7.59. The molecule has 0 amide bonds. The molecule has 0 aromatic heterocycles. The van der Waals surface area contributed by atoms with Gasteiger partial charge in [0, 0.05) is 6.92 Å². The zero-order valence-electron chi connectivity index (χ0n) is 12.3. The fourth-order valence-corrected chi connectivity index (χ4v) is 3.50. The van der Waals surface area contributed by atoms with Gasteiger partial charge in [-0.15, -0.1) is 0 Å². The maximum atomic E-state index is 11.3. The summed E-state index contributed by atoms with van der Waals surface area (Å²) in [5.74, 6) is 0.0322. The van der Waals surface area contributed by atoms with Crippen molar-refractivity contribution < 1.29 is 22.4 Å². The fourth-order valence-electron chi connectivity index (χ4n) is 2.67. The van der Waals surface area contributed by atoms with E-state index in [9.17, 15) is 13.2 Å². The molecule has 0 saturated heterocycles. The molecule has 1 aliphatic rings. The first-order chi connectivity index (χ1) is 9.49. The number of rotatable bonds is 9. The largest absolute Gasteiger partial charge is 0.340 e. The van der Waals surface area contributed by atoms with Crippen LogP contribution in [0.5, 0.6) is 0 Å². The normalized spacial score (nSPS) is 17.1. The number of carbonyl (C=O) groups excluding carboxylic acids is 1. The van der Waals surface area contributed by atoms with Gasteiger partial charge in [0.15, 0.2) is 0 Å². The molecule has 0 bridgehead atoms. The summed E-state index contributed by atoms with van der Waals surface area (Å²) in [6.45, 7) is 1.10. The molecule has 0 spiro atoms. The van der Waals surface area contributed by atoms with E-state index in [1.807, 2.05) is 0 Å². The second kappa shape index (κ2) is 9.34. The van der Waals surface area contributed by atoms with Crippen LogP contribution in [-0.2, 0) is 24.1 Å². The average molecular weight is 306 g/mol. The van der Waals surface area contributed by atoms with E-state index in [1.54, 1.807) is 0 Å². The van der Waals surface area contributed by atoms with Crippen molar-refractivity contribution in [2.75, 3.05) is 5.75 Å². The highest BCUT2D eigenvalue weighted by atomic mass is 32.2. The van der Waals surface area contributed by atoms with Crippen molar-refractivity contribution in [2.24, 2.45) is 5.92 Å². The van der Waals surface area contributed by atoms with Gasteiger partial charge in [-0.2, -0.15) is 8.42 Å². The third kappa shape index (κ3) is 8.53. The van der Waals surface area contributed by atoms with Gasteiger partial charge < -0.3 is 0 Å². The van der Waals surface area contributed by atoms with Gasteiger partial charge in [-0.3, -0.25) is 4.89 Å². The molecule has 0 aromatic rings. The van der Waals surface area contributed by atoms with Gasteiger partial charge in [0.2, 0.25) is 0 Å². The molecule has 1 saturated carbocycles. The molecule has 0 heterocycles. The van der Waals surface area contributed by atoms with Crippen LogP contribution < -0.4 is 0 Å². The predicted molar refractivity (Wildman–Crippen MR) is 76.3 cm³/mol. The predicted octanol–water partition coefficient (Wildman–Crippen LogP) is 3.34. The molecule has 0 unspecified atom stereocenters. The zero-order valence-corrected chi connectivity index (χ0v) is 13.1. The minimum absolute atomic E-state index is 0.0935. The van der Waals surface area contributed by atoms with Crippen molar-refractivity contribution in [1.29, 1.82) is 0 Å². The van der Waals surface area contributed by atoms with Gasteiger partial charge in [-0.05, 0) is 12.3 Å². The highest BCUT2D eigenvalue weighted by Gasteiger charge is 2.15. The van der Waals surface area contributed by atoms with Crippen molar-refractivity contribution in [2.45, 2.75) is 71.1 Å². The van der Waals surface area contributed by atoms with E-state index in [4.69, 9.17) is 0 Å². The first kappa shape index (κ1) is 17.4. The first-order valence-corrected chi connectivity index (χ1v) is 9.17. The third-order valence-corrected chi connectivity index (χ3v) is 4.80. The van der Waals surface area contributed by atoms with E-state index in [-0.39, 0.29) is 5.75 Å². The lowest BCUT2D eigenvalue weighted by molar-refractivity contribution is -0.208. The smallest absolute Gasteiger partial charge is 0.282 e. The number of carbonyl (C=O) groups is 1. The molecule has 1 rings (SSSR count).